The highest BCUT2D eigenvalue weighted by atomic mass is 19.4. The number of pyridine rings is 2. The van der Waals surface area contributed by atoms with E-state index in [1.807, 2.05) is 54.6 Å². The van der Waals surface area contributed by atoms with Crippen molar-refractivity contribution in [3.05, 3.63) is 153 Å². The van der Waals surface area contributed by atoms with E-state index in [2.05, 4.69) is 53.2 Å². The van der Waals surface area contributed by atoms with Gasteiger partial charge in [-0.3, -0.25) is 33.9 Å². The fourth-order valence-electron chi connectivity index (χ4n) is 11.5. The first-order valence-corrected chi connectivity index (χ1v) is 30.2. The molecule has 8 rings (SSSR count). The lowest BCUT2D eigenvalue weighted by Gasteiger charge is -2.41. The van der Waals surface area contributed by atoms with Crippen LogP contribution in [0, 0.1) is 24.7 Å². The predicted octanol–water partition coefficient (Wildman–Crippen LogP) is 6.28. The zero-order valence-corrected chi connectivity index (χ0v) is 51.3. The Bertz CT molecular complexity index is 3360. The van der Waals surface area contributed by atoms with E-state index in [1.165, 1.54) is 29.5 Å². The second-order valence-electron chi connectivity index (χ2n) is 22.2. The van der Waals surface area contributed by atoms with Gasteiger partial charge >= 0.3 is 6.18 Å². The largest absolute Gasteiger partial charge is 0.495 e. The van der Waals surface area contributed by atoms with Crippen LogP contribution in [0.1, 0.15) is 74.8 Å². The number of anilines is 2. The van der Waals surface area contributed by atoms with Gasteiger partial charge in [-0.1, -0.05) is 48.4 Å². The molecule has 3 aromatic heterocycles. The molecule has 0 spiro atoms. The number of methoxy groups -OCH3 is 1. The summed E-state index contributed by atoms with van der Waals surface area (Å²) in [7, 11) is 6.20. The number of aromatic nitrogens is 3. The predicted molar refractivity (Wildman–Crippen MR) is 335 cm³/mol. The molecule has 89 heavy (non-hydrogen) atoms. The molecule has 4 amide bonds. The summed E-state index contributed by atoms with van der Waals surface area (Å²) in [6.07, 6.45) is 1.59. The monoisotopic (exact) mass is 1230 g/mol. The molecule has 2 aliphatic rings. The maximum atomic E-state index is 14.8. The van der Waals surface area contributed by atoms with E-state index in [-0.39, 0.29) is 72.4 Å². The van der Waals surface area contributed by atoms with Gasteiger partial charge in [-0.2, -0.15) is 13.2 Å². The molecule has 23 heteroatoms. The summed E-state index contributed by atoms with van der Waals surface area (Å²) in [4.78, 5) is 77.5. The highest BCUT2D eigenvalue weighted by Crippen LogP contribution is 2.34. The number of fused-ring (bicyclic) bond motifs is 1. The summed E-state index contributed by atoms with van der Waals surface area (Å²) < 4.78 is 67.0. The minimum Gasteiger partial charge on any atom is -0.495 e. The molecule has 2 fully saturated rings. The fraction of sp³-hybridized carbons (Fsp3) is 0.455. The molecule has 5 heterocycles. The number of likely N-dealkylation sites (N-methyl/N-ethyl adjacent to an activating group) is 1. The Labute approximate surface area is 517 Å². The average molecular weight is 1230 g/mol. The number of aryl methyl sites for hydroxylation is 2. The standard InChI is InChI=1S/C66H82F3N11O9/c1-46-39-50(42-76(4)64(46)84)65(85)79(43-54(47-13-7-6-8-14-47)55-16-9-10-25-72-55)61(63(83)71-3)48-21-28-78(29-22-48)44-60(81)74-27-33-87-35-37-89-38-36-88-34-32-77-30-23-51(24-31-77)75-56-17-11-18-58-53(56)41-52(80(58)45-66(67,68)69)15-12-26-73-57-20-19-49(62(82)70-2)40-59(57)86-5/h6-11,13-14,16-20,25,39-42,48,51,54,61,73,75H,21-24,26-38,43-45H2,1-5H3,(H,70,82)(H,71,83)(H,74,81). The number of amides is 4. The van der Waals surface area contributed by atoms with Crippen LogP contribution in [0.2, 0.25) is 0 Å². The number of alkyl halides is 3. The van der Waals surface area contributed by atoms with Gasteiger partial charge in [0.15, 0.2) is 0 Å². The van der Waals surface area contributed by atoms with Gasteiger partial charge < -0.3 is 64.5 Å². The number of benzene rings is 3. The number of piperidine rings is 2. The van der Waals surface area contributed by atoms with Crippen LogP contribution in [0.5, 0.6) is 5.75 Å². The van der Waals surface area contributed by atoms with E-state index in [0.29, 0.717) is 111 Å². The Morgan fingerprint density at radius 1 is 0.787 bits per heavy atom. The summed E-state index contributed by atoms with van der Waals surface area (Å²) in [5.41, 5.74) is 4.63. The molecule has 0 aliphatic carbocycles. The Balaban J connectivity index is 0.708. The van der Waals surface area contributed by atoms with E-state index in [0.717, 1.165) is 49.4 Å². The summed E-state index contributed by atoms with van der Waals surface area (Å²) >= 11 is 0. The molecule has 0 bridgehead atoms. The minimum atomic E-state index is -4.46. The SMILES string of the molecule is CNC(=O)c1ccc(NCC#Cc2cc3c(NC4CCN(CCOCCOCCOCCNC(=O)CN5CCC(C(C(=O)NC)N(CC(c6ccccc6)c6ccccn6)C(=O)c6cc(C)c(=O)n(C)c6)CC5)CC4)cccc3n2CC(F)(F)F)c(OC)c1. The summed E-state index contributed by atoms with van der Waals surface area (Å²) in [5.74, 6) is 4.67. The van der Waals surface area contributed by atoms with Gasteiger partial charge in [0, 0.05) is 106 Å². The molecule has 476 valence electrons. The zero-order valence-electron chi connectivity index (χ0n) is 51.3. The third kappa shape index (κ3) is 18.9. The van der Waals surface area contributed by atoms with Crippen molar-refractivity contribution in [2.45, 2.75) is 63.3 Å². The number of hydrogen-bond acceptors (Lipinski definition) is 14. The van der Waals surface area contributed by atoms with Crippen molar-refractivity contribution in [2.75, 3.05) is 130 Å². The van der Waals surface area contributed by atoms with Gasteiger partial charge in [-0.15, -0.1) is 0 Å². The summed E-state index contributed by atoms with van der Waals surface area (Å²) in [6.45, 7) is 7.17. The molecular weight excluding hydrogens is 1150 g/mol. The Morgan fingerprint density at radius 2 is 1.49 bits per heavy atom. The third-order valence-electron chi connectivity index (χ3n) is 16.2. The van der Waals surface area contributed by atoms with Gasteiger partial charge in [0.05, 0.1) is 82.3 Å². The molecule has 5 N–H and O–H groups in total. The molecule has 2 unspecified atom stereocenters. The van der Waals surface area contributed by atoms with Crippen molar-refractivity contribution < 1.29 is 51.3 Å². The van der Waals surface area contributed by atoms with Crippen LogP contribution in [-0.4, -0.2) is 190 Å². The smallest absolute Gasteiger partial charge is 0.406 e. The van der Waals surface area contributed by atoms with Crippen LogP contribution in [-0.2, 0) is 37.4 Å². The van der Waals surface area contributed by atoms with Crippen LogP contribution >= 0.6 is 0 Å². The highest BCUT2D eigenvalue weighted by Gasteiger charge is 2.40. The second-order valence-corrected chi connectivity index (χ2v) is 22.2. The van der Waals surface area contributed by atoms with E-state index >= 15 is 0 Å². The number of likely N-dealkylation sites (tertiary alicyclic amines) is 2. The van der Waals surface area contributed by atoms with E-state index in [9.17, 15) is 37.1 Å². The molecule has 0 saturated carbocycles. The van der Waals surface area contributed by atoms with Gasteiger partial charge in [0.25, 0.3) is 17.4 Å². The summed E-state index contributed by atoms with van der Waals surface area (Å²) in [6, 6.07) is 28.3. The number of nitrogens with zero attached hydrogens (tertiary/aromatic N) is 6. The van der Waals surface area contributed by atoms with Crippen LogP contribution in [0.4, 0.5) is 24.5 Å². The van der Waals surface area contributed by atoms with E-state index in [1.54, 1.807) is 74.6 Å². The lowest BCUT2D eigenvalue weighted by molar-refractivity contribution is -0.140. The number of nitrogens with one attached hydrogen (secondary N) is 5. The first-order valence-electron chi connectivity index (χ1n) is 30.2. The third-order valence-corrected chi connectivity index (χ3v) is 16.2. The van der Waals surface area contributed by atoms with E-state index < -0.39 is 18.8 Å². The van der Waals surface area contributed by atoms with Crippen molar-refractivity contribution in [1.82, 2.24) is 44.8 Å². The maximum Gasteiger partial charge on any atom is 0.406 e. The second kappa shape index (κ2) is 32.8. The first kappa shape index (κ1) is 66.7. The molecule has 3 aromatic carbocycles. The molecule has 2 aliphatic heterocycles. The highest BCUT2D eigenvalue weighted by molar-refractivity contribution is 5.98. The van der Waals surface area contributed by atoms with Crippen LogP contribution < -0.4 is 36.9 Å². The number of halogens is 3. The van der Waals surface area contributed by atoms with E-state index in [4.69, 9.17) is 18.9 Å². The quantitative estimate of drug-likeness (QED) is 0.0258. The number of ether oxygens (including phenoxy) is 4. The molecule has 2 saturated heterocycles. The number of carbonyl (C=O) groups excluding carboxylic acids is 4. The topological polar surface area (TPSA) is 215 Å². The Kier molecular flexibility index (Phi) is 24.6. The van der Waals surface area contributed by atoms with Crippen molar-refractivity contribution in [3.8, 4) is 17.6 Å². The van der Waals surface area contributed by atoms with Gasteiger partial charge in [0.2, 0.25) is 11.8 Å². The van der Waals surface area contributed by atoms with Crippen molar-refractivity contribution in [3.63, 3.8) is 0 Å². The number of carbonyl (C=O) groups is 4. The molecule has 0 radical (unpaired) electrons. The van der Waals surface area contributed by atoms with Crippen LogP contribution in [0.15, 0.2) is 114 Å². The zero-order chi connectivity index (χ0) is 63.3. The average Bonchev–Trinajstić information content (AvgIpc) is 2.95. The van der Waals surface area contributed by atoms with Gasteiger partial charge in [-0.25, -0.2) is 0 Å². The molecule has 2 atom stereocenters. The molecular formula is C66H82F3N11O9. The minimum absolute atomic E-state index is 0.121. The lowest BCUT2D eigenvalue weighted by Crippen LogP contribution is -2.56. The molecule has 6 aromatic rings. The fourth-order valence-corrected chi connectivity index (χ4v) is 11.5. The molecule has 20 nitrogen and oxygen atoms in total. The summed E-state index contributed by atoms with van der Waals surface area (Å²) in [5, 5.41) is 15.7. The van der Waals surface area contributed by atoms with Gasteiger partial charge in [0.1, 0.15) is 18.3 Å². The van der Waals surface area contributed by atoms with Crippen molar-refractivity contribution >= 4 is 45.9 Å². The Morgan fingerprint density at radius 3 is 2.17 bits per heavy atom. The van der Waals surface area contributed by atoms with Crippen LogP contribution in [0.25, 0.3) is 10.9 Å². The van der Waals surface area contributed by atoms with Gasteiger partial charge in [-0.05, 0) is 118 Å². The first-order chi connectivity index (χ1) is 43.0. The van der Waals surface area contributed by atoms with Crippen LogP contribution in [0.3, 0.4) is 0 Å². The normalized spacial score (nSPS) is 14.9. The van der Waals surface area contributed by atoms with Crippen molar-refractivity contribution in [1.29, 1.82) is 0 Å². The number of rotatable bonds is 29. The van der Waals surface area contributed by atoms with Crippen molar-refractivity contribution in [2.24, 2.45) is 13.0 Å². The number of hydrogen-bond donors (Lipinski definition) is 5. The maximum absolute atomic E-state index is 14.8. The Hall–Kier alpha value is -8.27. The lowest BCUT2D eigenvalue weighted by atomic mass is 9.85.